The number of carboxylic acid groups (broad SMARTS) is 1. The van der Waals surface area contributed by atoms with Crippen molar-refractivity contribution in [1.29, 1.82) is 0 Å². The van der Waals surface area contributed by atoms with Crippen LogP contribution < -0.4 is 10.1 Å². The summed E-state index contributed by atoms with van der Waals surface area (Å²) in [5.41, 5.74) is 0.722. The van der Waals surface area contributed by atoms with E-state index >= 15 is 0 Å². The van der Waals surface area contributed by atoms with Gasteiger partial charge in [-0.3, -0.25) is 9.59 Å². The molecule has 140 valence electrons. The second-order valence-electron chi connectivity index (χ2n) is 7.73. The minimum absolute atomic E-state index is 0.0586. The zero-order chi connectivity index (χ0) is 18.1. The quantitative estimate of drug-likeness (QED) is 0.725. The van der Waals surface area contributed by atoms with Crippen LogP contribution in [0.25, 0.3) is 0 Å². The number of hydrogen-bond acceptors (Lipinski definition) is 5. The minimum Gasteiger partial charge on any atom is -0.481 e. The summed E-state index contributed by atoms with van der Waals surface area (Å²) in [4.78, 5) is 28.5. The van der Waals surface area contributed by atoms with Crippen LogP contribution in [0, 0.1) is 5.92 Å². The summed E-state index contributed by atoms with van der Waals surface area (Å²) in [6.45, 7) is 0.664. The molecule has 2 aliphatic carbocycles. The summed E-state index contributed by atoms with van der Waals surface area (Å²) in [6, 6.07) is 3.69. The minimum atomic E-state index is -0.890. The van der Waals surface area contributed by atoms with Gasteiger partial charge in [0, 0.05) is 11.3 Å². The molecule has 4 rings (SSSR count). The summed E-state index contributed by atoms with van der Waals surface area (Å²) >= 11 is 1.67. The molecule has 1 unspecified atom stereocenters. The van der Waals surface area contributed by atoms with E-state index in [1.807, 2.05) is 6.07 Å². The predicted molar refractivity (Wildman–Crippen MR) is 98.8 cm³/mol. The molecular formula is C19H24N2O4S. The van der Waals surface area contributed by atoms with Gasteiger partial charge in [0.1, 0.15) is 5.69 Å². The molecule has 1 aliphatic heterocycles. The van der Waals surface area contributed by atoms with Crippen LogP contribution >= 0.6 is 11.8 Å². The summed E-state index contributed by atoms with van der Waals surface area (Å²) < 4.78 is 5.92. The lowest BCUT2D eigenvalue weighted by Gasteiger charge is -2.27. The smallest absolute Gasteiger partial charge is 0.305 e. The number of thioether (sulfide) groups is 1. The Morgan fingerprint density at radius 1 is 1.31 bits per heavy atom. The van der Waals surface area contributed by atoms with Gasteiger partial charge in [-0.05, 0) is 55.8 Å². The Kier molecular flexibility index (Phi) is 4.82. The molecule has 6 nitrogen and oxygen atoms in total. The summed E-state index contributed by atoms with van der Waals surface area (Å²) in [6.07, 6.45) is 5.30. The van der Waals surface area contributed by atoms with E-state index in [0.717, 1.165) is 24.2 Å². The molecule has 0 spiro atoms. The maximum absolute atomic E-state index is 12.8. The molecule has 1 saturated heterocycles. The fourth-order valence-electron chi connectivity index (χ4n) is 3.36. The van der Waals surface area contributed by atoms with E-state index in [1.54, 1.807) is 17.8 Å². The monoisotopic (exact) mass is 376 g/mol. The highest BCUT2D eigenvalue weighted by Gasteiger charge is 2.39. The van der Waals surface area contributed by atoms with Crippen molar-refractivity contribution in [3.63, 3.8) is 0 Å². The largest absolute Gasteiger partial charge is 0.481 e. The predicted octanol–water partition coefficient (Wildman–Crippen LogP) is 2.83. The molecule has 1 atom stereocenters. The van der Waals surface area contributed by atoms with Crippen LogP contribution in [0.4, 0.5) is 0 Å². The molecule has 1 aromatic heterocycles. The molecule has 7 heteroatoms. The fourth-order valence-corrected chi connectivity index (χ4v) is 4.75. The van der Waals surface area contributed by atoms with Crippen LogP contribution in [0.1, 0.15) is 60.5 Å². The zero-order valence-electron chi connectivity index (χ0n) is 14.7. The standard InChI is InChI=1S/C19H24N2O4S/c22-16(23)9-19(7-8-26-11-19)21-17(24)15-6-5-14(13-3-4-13)18(20-15)25-10-12-1-2-12/h5-6,12-13H,1-4,7-11H2,(H,21,24)(H,22,23). The molecule has 0 radical (unpaired) electrons. The highest BCUT2D eigenvalue weighted by molar-refractivity contribution is 7.99. The van der Waals surface area contributed by atoms with E-state index in [2.05, 4.69) is 10.3 Å². The SMILES string of the molecule is O=C(O)CC1(NC(=O)c2ccc(C3CC3)c(OCC3CC3)n2)CCSC1. The number of amides is 1. The van der Waals surface area contributed by atoms with Crippen molar-refractivity contribution in [3.8, 4) is 5.88 Å². The summed E-state index contributed by atoms with van der Waals surface area (Å²) in [5.74, 6) is 1.98. The van der Waals surface area contributed by atoms with Crippen LogP contribution in [0.15, 0.2) is 12.1 Å². The second kappa shape index (κ2) is 7.10. The lowest BCUT2D eigenvalue weighted by Crippen LogP contribution is -2.50. The summed E-state index contributed by atoms with van der Waals surface area (Å²) in [7, 11) is 0. The average Bonchev–Trinajstić information content (AvgIpc) is 3.52. The number of rotatable bonds is 8. The molecule has 2 heterocycles. The van der Waals surface area contributed by atoms with E-state index in [9.17, 15) is 14.7 Å². The molecule has 1 amide bonds. The first-order valence-electron chi connectivity index (χ1n) is 9.30. The van der Waals surface area contributed by atoms with Crippen LogP contribution in [0.2, 0.25) is 0 Å². The normalized spacial score (nSPS) is 25.1. The molecule has 0 bridgehead atoms. The Balaban J connectivity index is 1.50. The number of carbonyl (C=O) groups is 2. The first-order valence-corrected chi connectivity index (χ1v) is 10.5. The van der Waals surface area contributed by atoms with Crippen molar-refractivity contribution in [2.45, 2.75) is 50.0 Å². The average molecular weight is 376 g/mol. The number of pyridine rings is 1. The Morgan fingerprint density at radius 3 is 2.73 bits per heavy atom. The van der Waals surface area contributed by atoms with Gasteiger partial charge in [-0.2, -0.15) is 11.8 Å². The number of nitrogens with zero attached hydrogens (tertiary/aromatic N) is 1. The molecule has 2 N–H and O–H groups in total. The van der Waals surface area contributed by atoms with Crippen molar-refractivity contribution < 1.29 is 19.4 Å². The van der Waals surface area contributed by atoms with E-state index in [1.165, 1.54) is 12.8 Å². The highest BCUT2D eigenvalue weighted by atomic mass is 32.2. The number of aliphatic carboxylic acids is 1. The van der Waals surface area contributed by atoms with Crippen molar-refractivity contribution >= 4 is 23.6 Å². The Morgan fingerprint density at radius 2 is 2.12 bits per heavy atom. The zero-order valence-corrected chi connectivity index (χ0v) is 15.5. The molecule has 0 aromatic carbocycles. The van der Waals surface area contributed by atoms with Gasteiger partial charge in [-0.25, -0.2) is 4.98 Å². The third-order valence-electron chi connectivity index (χ3n) is 5.26. The van der Waals surface area contributed by atoms with Crippen LogP contribution in [-0.2, 0) is 4.79 Å². The van der Waals surface area contributed by atoms with Crippen LogP contribution in [0.3, 0.4) is 0 Å². The number of carbonyl (C=O) groups excluding carboxylic acids is 1. The maximum atomic E-state index is 12.8. The lowest BCUT2D eigenvalue weighted by atomic mass is 9.94. The summed E-state index contributed by atoms with van der Waals surface area (Å²) in [5, 5.41) is 12.2. The van der Waals surface area contributed by atoms with Gasteiger partial charge < -0.3 is 15.2 Å². The van der Waals surface area contributed by atoms with Gasteiger partial charge in [-0.15, -0.1) is 0 Å². The number of ether oxygens (including phenoxy) is 1. The van der Waals surface area contributed by atoms with E-state index in [4.69, 9.17) is 4.74 Å². The third kappa shape index (κ3) is 4.14. The number of hydrogen-bond donors (Lipinski definition) is 2. The van der Waals surface area contributed by atoms with Crippen molar-refractivity contribution in [3.05, 3.63) is 23.4 Å². The molecule has 2 saturated carbocycles. The van der Waals surface area contributed by atoms with Crippen molar-refractivity contribution in [2.24, 2.45) is 5.92 Å². The topological polar surface area (TPSA) is 88.5 Å². The van der Waals surface area contributed by atoms with Crippen molar-refractivity contribution in [1.82, 2.24) is 10.3 Å². The molecule has 3 aliphatic rings. The van der Waals surface area contributed by atoms with Gasteiger partial charge in [0.25, 0.3) is 5.91 Å². The number of carboxylic acids is 1. The first-order chi connectivity index (χ1) is 12.5. The number of aromatic nitrogens is 1. The van der Waals surface area contributed by atoms with E-state index in [-0.39, 0.29) is 12.3 Å². The Labute approximate surface area is 157 Å². The molecule has 1 aromatic rings. The lowest BCUT2D eigenvalue weighted by molar-refractivity contribution is -0.138. The van der Waals surface area contributed by atoms with Crippen LogP contribution in [-0.4, -0.2) is 45.6 Å². The molecule has 3 fully saturated rings. The Hall–Kier alpha value is -1.76. The number of nitrogens with one attached hydrogen (secondary N) is 1. The van der Waals surface area contributed by atoms with Gasteiger partial charge in [0.15, 0.2) is 0 Å². The molecule has 26 heavy (non-hydrogen) atoms. The van der Waals surface area contributed by atoms with Crippen LogP contribution in [0.5, 0.6) is 5.88 Å². The molecular weight excluding hydrogens is 352 g/mol. The van der Waals surface area contributed by atoms with Gasteiger partial charge in [-0.1, -0.05) is 6.07 Å². The van der Waals surface area contributed by atoms with Gasteiger partial charge >= 0.3 is 5.97 Å². The third-order valence-corrected chi connectivity index (χ3v) is 6.51. The van der Waals surface area contributed by atoms with E-state index in [0.29, 0.717) is 42.2 Å². The van der Waals surface area contributed by atoms with Gasteiger partial charge in [0.2, 0.25) is 5.88 Å². The second-order valence-corrected chi connectivity index (χ2v) is 8.83. The van der Waals surface area contributed by atoms with E-state index < -0.39 is 11.5 Å². The Bertz CT molecular complexity index is 709. The first kappa shape index (κ1) is 17.6. The van der Waals surface area contributed by atoms with Gasteiger partial charge in [0.05, 0.1) is 18.6 Å². The fraction of sp³-hybridized carbons (Fsp3) is 0.632. The maximum Gasteiger partial charge on any atom is 0.305 e. The van der Waals surface area contributed by atoms with Crippen molar-refractivity contribution in [2.75, 3.05) is 18.1 Å². The highest BCUT2D eigenvalue weighted by Crippen LogP contribution is 2.44.